The van der Waals surface area contributed by atoms with Gasteiger partial charge in [-0.3, -0.25) is 0 Å². The zero-order valence-corrected chi connectivity index (χ0v) is 10.4. The van der Waals surface area contributed by atoms with Gasteiger partial charge in [-0.25, -0.2) is 0 Å². The van der Waals surface area contributed by atoms with Crippen molar-refractivity contribution >= 4 is 0 Å². The van der Waals surface area contributed by atoms with Crippen molar-refractivity contribution in [1.82, 2.24) is 14.8 Å². The van der Waals surface area contributed by atoms with Gasteiger partial charge in [-0.1, -0.05) is 12.8 Å². The number of hydrogen-bond acceptors (Lipinski definition) is 3. The molecule has 0 bridgehead atoms. The lowest BCUT2D eigenvalue weighted by Crippen LogP contribution is -2.27. The first-order valence-electron chi connectivity index (χ1n) is 6.09. The maximum atomic E-state index is 9.31. The van der Waals surface area contributed by atoms with E-state index < -0.39 is 0 Å². The summed E-state index contributed by atoms with van der Waals surface area (Å²) in [6, 6.07) is 0. The second-order valence-corrected chi connectivity index (χ2v) is 5.62. The van der Waals surface area contributed by atoms with Crippen LogP contribution in [0.25, 0.3) is 0 Å². The molecule has 90 valence electrons. The van der Waals surface area contributed by atoms with E-state index in [2.05, 4.69) is 35.5 Å². The van der Waals surface area contributed by atoms with Crippen LogP contribution in [0.15, 0.2) is 0 Å². The van der Waals surface area contributed by atoms with Gasteiger partial charge in [0, 0.05) is 11.5 Å². The molecule has 0 spiro atoms. The van der Waals surface area contributed by atoms with Gasteiger partial charge < -0.3 is 9.67 Å². The van der Waals surface area contributed by atoms with E-state index in [1.807, 2.05) is 0 Å². The summed E-state index contributed by atoms with van der Waals surface area (Å²) in [5, 5.41) is 17.7. The van der Waals surface area contributed by atoms with Gasteiger partial charge in [0.25, 0.3) is 0 Å². The van der Waals surface area contributed by atoms with E-state index >= 15 is 0 Å². The van der Waals surface area contributed by atoms with E-state index in [1.165, 1.54) is 25.7 Å². The van der Waals surface area contributed by atoms with Gasteiger partial charge in [-0.15, -0.1) is 10.2 Å². The molecule has 1 aliphatic carbocycles. The quantitative estimate of drug-likeness (QED) is 0.836. The van der Waals surface area contributed by atoms with Crippen molar-refractivity contribution in [2.45, 2.75) is 64.5 Å². The Balaban J connectivity index is 2.41. The molecule has 0 unspecified atom stereocenters. The van der Waals surface area contributed by atoms with Crippen LogP contribution in [-0.2, 0) is 12.1 Å². The molecule has 1 aromatic rings. The Morgan fingerprint density at radius 2 is 1.88 bits per heavy atom. The van der Waals surface area contributed by atoms with Crippen molar-refractivity contribution < 1.29 is 5.11 Å². The van der Waals surface area contributed by atoms with Crippen LogP contribution in [-0.4, -0.2) is 19.9 Å². The molecule has 4 nitrogen and oxygen atoms in total. The van der Waals surface area contributed by atoms with Gasteiger partial charge in [0.2, 0.25) is 0 Å². The summed E-state index contributed by atoms with van der Waals surface area (Å²) in [7, 11) is 0. The molecule has 1 heterocycles. The Morgan fingerprint density at radius 3 is 2.38 bits per heavy atom. The number of rotatable bonds is 2. The van der Waals surface area contributed by atoms with E-state index in [9.17, 15) is 5.11 Å². The van der Waals surface area contributed by atoms with Crippen molar-refractivity contribution in [3.05, 3.63) is 11.6 Å². The van der Waals surface area contributed by atoms with Gasteiger partial charge >= 0.3 is 0 Å². The summed E-state index contributed by atoms with van der Waals surface area (Å²) in [6.45, 7) is 6.37. The van der Waals surface area contributed by atoms with E-state index in [0.29, 0.717) is 11.7 Å². The fourth-order valence-electron chi connectivity index (χ4n) is 2.61. The topological polar surface area (TPSA) is 50.9 Å². The standard InChI is InChI=1S/C12H21N3O/c1-12(2,3)15-10(8-16)13-14-11(15)9-6-4-5-7-9/h9,16H,4-8H2,1-3H3. The van der Waals surface area contributed by atoms with Crippen LogP contribution in [0.4, 0.5) is 0 Å². The molecule has 1 aliphatic rings. The average Bonchev–Trinajstić information content (AvgIpc) is 2.84. The maximum Gasteiger partial charge on any atom is 0.159 e. The number of aromatic nitrogens is 3. The van der Waals surface area contributed by atoms with Gasteiger partial charge in [-0.05, 0) is 33.6 Å². The minimum atomic E-state index is -0.0561. The Labute approximate surface area is 96.7 Å². The predicted octanol–water partition coefficient (Wildman–Crippen LogP) is 2.18. The van der Waals surface area contributed by atoms with E-state index in [4.69, 9.17) is 0 Å². The second-order valence-electron chi connectivity index (χ2n) is 5.62. The lowest BCUT2D eigenvalue weighted by atomic mass is 10.0. The molecule has 4 heteroatoms. The van der Waals surface area contributed by atoms with Crippen LogP contribution < -0.4 is 0 Å². The number of nitrogens with zero attached hydrogens (tertiary/aromatic N) is 3. The largest absolute Gasteiger partial charge is 0.388 e. The highest BCUT2D eigenvalue weighted by molar-refractivity contribution is 5.07. The number of aliphatic hydroxyl groups is 1. The number of aliphatic hydroxyl groups excluding tert-OH is 1. The summed E-state index contributed by atoms with van der Waals surface area (Å²) in [5.74, 6) is 2.29. The SMILES string of the molecule is CC(C)(C)n1c(CO)nnc1C1CCCC1. The Morgan fingerprint density at radius 1 is 1.25 bits per heavy atom. The van der Waals surface area contributed by atoms with E-state index in [-0.39, 0.29) is 12.1 Å². The van der Waals surface area contributed by atoms with Crippen molar-refractivity contribution in [2.24, 2.45) is 0 Å². The molecule has 0 aliphatic heterocycles. The van der Waals surface area contributed by atoms with Crippen molar-refractivity contribution in [2.75, 3.05) is 0 Å². The lowest BCUT2D eigenvalue weighted by molar-refractivity contribution is 0.246. The van der Waals surface area contributed by atoms with Gasteiger partial charge in [0.05, 0.1) is 0 Å². The first kappa shape index (κ1) is 11.6. The summed E-state index contributed by atoms with van der Waals surface area (Å²) < 4.78 is 2.11. The molecular formula is C12H21N3O. The monoisotopic (exact) mass is 223 g/mol. The smallest absolute Gasteiger partial charge is 0.159 e. The zero-order chi connectivity index (χ0) is 11.8. The zero-order valence-electron chi connectivity index (χ0n) is 10.4. The lowest BCUT2D eigenvalue weighted by Gasteiger charge is -2.26. The van der Waals surface area contributed by atoms with Crippen LogP contribution in [0.3, 0.4) is 0 Å². The summed E-state index contributed by atoms with van der Waals surface area (Å²) in [6.07, 6.45) is 4.99. The molecule has 1 aromatic heterocycles. The van der Waals surface area contributed by atoms with Gasteiger partial charge in [-0.2, -0.15) is 0 Å². The third-order valence-electron chi connectivity index (χ3n) is 3.29. The molecule has 2 rings (SSSR count). The highest BCUT2D eigenvalue weighted by Gasteiger charge is 2.29. The van der Waals surface area contributed by atoms with Crippen LogP contribution in [0, 0.1) is 0 Å². The van der Waals surface area contributed by atoms with Crippen LogP contribution in [0.1, 0.15) is 64.0 Å². The molecule has 1 N–H and O–H groups in total. The van der Waals surface area contributed by atoms with Gasteiger partial charge in [0.15, 0.2) is 5.82 Å². The Hall–Kier alpha value is -0.900. The summed E-state index contributed by atoms with van der Waals surface area (Å²) in [4.78, 5) is 0. The average molecular weight is 223 g/mol. The third-order valence-corrected chi connectivity index (χ3v) is 3.29. The van der Waals surface area contributed by atoms with Crippen LogP contribution >= 0.6 is 0 Å². The molecule has 0 amide bonds. The Kier molecular flexibility index (Phi) is 3.02. The molecule has 0 radical (unpaired) electrons. The molecular weight excluding hydrogens is 202 g/mol. The van der Waals surface area contributed by atoms with Crippen LogP contribution in [0.2, 0.25) is 0 Å². The molecule has 1 saturated carbocycles. The molecule has 1 fully saturated rings. The van der Waals surface area contributed by atoms with Gasteiger partial charge in [0.1, 0.15) is 12.4 Å². The fraction of sp³-hybridized carbons (Fsp3) is 0.833. The summed E-state index contributed by atoms with van der Waals surface area (Å²) in [5.41, 5.74) is -0.0561. The van der Waals surface area contributed by atoms with Crippen molar-refractivity contribution in [3.63, 3.8) is 0 Å². The first-order chi connectivity index (χ1) is 7.54. The predicted molar refractivity (Wildman–Crippen MR) is 62.1 cm³/mol. The minimum Gasteiger partial charge on any atom is -0.388 e. The number of hydrogen-bond donors (Lipinski definition) is 1. The normalized spacial score (nSPS) is 18.2. The first-order valence-corrected chi connectivity index (χ1v) is 6.09. The van der Waals surface area contributed by atoms with Crippen molar-refractivity contribution in [3.8, 4) is 0 Å². The van der Waals surface area contributed by atoms with Crippen molar-refractivity contribution in [1.29, 1.82) is 0 Å². The third kappa shape index (κ3) is 1.98. The fourth-order valence-corrected chi connectivity index (χ4v) is 2.61. The van der Waals surface area contributed by atoms with E-state index in [1.54, 1.807) is 0 Å². The Bertz CT molecular complexity index is 359. The van der Waals surface area contributed by atoms with E-state index in [0.717, 1.165) is 5.82 Å². The molecule has 0 atom stereocenters. The highest BCUT2D eigenvalue weighted by Crippen LogP contribution is 2.35. The highest BCUT2D eigenvalue weighted by atomic mass is 16.3. The molecule has 16 heavy (non-hydrogen) atoms. The second kappa shape index (κ2) is 4.17. The molecule has 0 saturated heterocycles. The molecule has 0 aromatic carbocycles. The maximum absolute atomic E-state index is 9.31. The minimum absolute atomic E-state index is 0.0308. The van der Waals surface area contributed by atoms with Crippen LogP contribution in [0.5, 0.6) is 0 Å². The summed E-state index contributed by atoms with van der Waals surface area (Å²) >= 11 is 0.